The number of nitriles is 1. The molecule has 0 fully saturated rings. The lowest BCUT2D eigenvalue weighted by Crippen LogP contribution is -2.00. The number of aromatic nitrogens is 2. The normalized spacial score (nSPS) is 10.3. The van der Waals surface area contributed by atoms with Crippen molar-refractivity contribution >= 4 is 15.9 Å². The van der Waals surface area contributed by atoms with E-state index in [1.807, 2.05) is 31.2 Å². The Morgan fingerprint density at radius 3 is 2.72 bits per heavy atom. The molecule has 2 aromatic carbocycles. The van der Waals surface area contributed by atoms with Crippen LogP contribution in [0.2, 0.25) is 0 Å². The van der Waals surface area contributed by atoms with Crippen molar-refractivity contribution in [2.24, 2.45) is 0 Å². The average molecular weight is 400 g/mol. The van der Waals surface area contributed by atoms with E-state index in [0.717, 1.165) is 10.0 Å². The molecule has 1 heterocycles. The number of ether oxygens (including phenoxy) is 2. The van der Waals surface area contributed by atoms with Crippen LogP contribution in [0.4, 0.5) is 0 Å². The zero-order valence-corrected chi connectivity index (χ0v) is 15.0. The van der Waals surface area contributed by atoms with E-state index in [4.69, 9.17) is 19.2 Å². The van der Waals surface area contributed by atoms with Gasteiger partial charge in [0.1, 0.15) is 0 Å². The fourth-order valence-corrected chi connectivity index (χ4v) is 2.61. The molecule has 0 amide bonds. The maximum absolute atomic E-state index is 8.98. The monoisotopic (exact) mass is 399 g/mol. The van der Waals surface area contributed by atoms with E-state index in [9.17, 15) is 0 Å². The fourth-order valence-electron chi connectivity index (χ4n) is 2.16. The van der Waals surface area contributed by atoms with E-state index < -0.39 is 0 Å². The van der Waals surface area contributed by atoms with Crippen LogP contribution < -0.4 is 9.47 Å². The third-order valence-electron chi connectivity index (χ3n) is 3.29. The molecule has 126 valence electrons. The summed E-state index contributed by atoms with van der Waals surface area (Å²) in [7, 11) is 0. The second-order valence-corrected chi connectivity index (χ2v) is 5.83. The molecule has 0 saturated carbocycles. The first-order valence-electron chi connectivity index (χ1n) is 7.58. The van der Waals surface area contributed by atoms with Crippen molar-refractivity contribution < 1.29 is 13.9 Å². The van der Waals surface area contributed by atoms with E-state index in [0.29, 0.717) is 35.5 Å². The minimum absolute atomic E-state index is 0.101. The molecule has 0 atom stereocenters. The number of halogens is 1. The highest BCUT2D eigenvalue weighted by Crippen LogP contribution is 2.30. The smallest absolute Gasteiger partial charge is 0.254 e. The van der Waals surface area contributed by atoms with E-state index in [1.54, 1.807) is 18.2 Å². The topological polar surface area (TPSA) is 81.2 Å². The Morgan fingerprint density at radius 2 is 1.96 bits per heavy atom. The molecule has 0 N–H and O–H groups in total. The lowest BCUT2D eigenvalue weighted by atomic mass is 10.2. The SMILES string of the molecule is CCOc1cc(C#N)ccc1OCc1nnc(-c2ccccc2Br)o1. The minimum Gasteiger partial charge on any atom is -0.490 e. The van der Waals surface area contributed by atoms with Crippen molar-refractivity contribution in [1.82, 2.24) is 10.2 Å². The van der Waals surface area contributed by atoms with Gasteiger partial charge in [-0.25, -0.2) is 0 Å². The number of hydrogen-bond acceptors (Lipinski definition) is 6. The summed E-state index contributed by atoms with van der Waals surface area (Å²) in [5, 5.41) is 17.0. The summed E-state index contributed by atoms with van der Waals surface area (Å²) in [6.07, 6.45) is 0. The van der Waals surface area contributed by atoms with E-state index >= 15 is 0 Å². The summed E-state index contributed by atoms with van der Waals surface area (Å²) in [5.41, 5.74) is 1.32. The lowest BCUT2D eigenvalue weighted by molar-refractivity contribution is 0.243. The van der Waals surface area contributed by atoms with Crippen molar-refractivity contribution in [3.05, 3.63) is 58.4 Å². The summed E-state index contributed by atoms with van der Waals surface area (Å²) in [6, 6.07) is 14.7. The molecule has 25 heavy (non-hydrogen) atoms. The van der Waals surface area contributed by atoms with Crippen molar-refractivity contribution in [2.45, 2.75) is 13.5 Å². The van der Waals surface area contributed by atoms with Gasteiger partial charge in [-0.1, -0.05) is 12.1 Å². The van der Waals surface area contributed by atoms with Gasteiger partial charge >= 0.3 is 0 Å². The molecule has 0 aliphatic rings. The second-order valence-electron chi connectivity index (χ2n) is 4.98. The lowest BCUT2D eigenvalue weighted by Gasteiger charge is -2.10. The molecule has 0 saturated heterocycles. The van der Waals surface area contributed by atoms with E-state index in [-0.39, 0.29) is 6.61 Å². The van der Waals surface area contributed by atoms with Crippen LogP contribution >= 0.6 is 15.9 Å². The Morgan fingerprint density at radius 1 is 1.12 bits per heavy atom. The van der Waals surface area contributed by atoms with E-state index in [1.165, 1.54) is 0 Å². The van der Waals surface area contributed by atoms with Gasteiger partial charge in [-0.3, -0.25) is 0 Å². The molecule has 6 nitrogen and oxygen atoms in total. The first-order valence-corrected chi connectivity index (χ1v) is 8.37. The summed E-state index contributed by atoms with van der Waals surface area (Å²) in [4.78, 5) is 0. The van der Waals surface area contributed by atoms with Gasteiger partial charge in [0, 0.05) is 10.5 Å². The maximum atomic E-state index is 8.98. The van der Waals surface area contributed by atoms with Crippen LogP contribution in [0.15, 0.2) is 51.4 Å². The van der Waals surface area contributed by atoms with Crippen LogP contribution in [-0.2, 0) is 6.61 Å². The molecular weight excluding hydrogens is 386 g/mol. The molecule has 3 rings (SSSR count). The molecule has 0 bridgehead atoms. The average Bonchev–Trinajstić information content (AvgIpc) is 3.10. The largest absolute Gasteiger partial charge is 0.490 e. The van der Waals surface area contributed by atoms with Crippen LogP contribution in [0.1, 0.15) is 18.4 Å². The molecular formula is C18H14BrN3O3. The van der Waals surface area contributed by atoms with Crippen molar-refractivity contribution in [3.8, 4) is 29.0 Å². The summed E-state index contributed by atoms with van der Waals surface area (Å²) in [6.45, 7) is 2.44. The van der Waals surface area contributed by atoms with Gasteiger partial charge in [0.05, 0.1) is 23.8 Å². The number of nitrogens with zero attached hydrogens (tertiary/aromatic N) is 3. The number of hydrogen-bond donors (Lipinski definition) is 0. The Bertz CT molecular complexity index is 918. The van der Waals surface area contributed by atoms with Crippen LogP contribution in [0.3, 0.4) is 0 Å². The molecule has 1 aromatic heterocycles. The zero-order chi connectivity index (χ0) is 17.6. The van der Waals surface area contributed by atoms with Gasteiger partial charge in [-0.15, -0.1) is 10.2 Å². The number of rotatable bonds is 6. The molecule has 0 radical (unpaired) electrons. The fraction of sp³-hybridized carbons (Fsp3) is 0.167. The van der Waals surface area contributed by atoms with Gasteiger partial charge in [0.2, 0.25) is 5.89 Å². The molecule has 3 aromatic rings. The quantitative estimate of drug-likeness (QED) is 0.612. The van der Waals surface area contributed by atoms with E-state index in [2.05, 4.69) is 32.2 Å². The molecule has 0 spiro atoms. The van der Waals surface area contributed by atoms with Crippen molar-refractivity contribution in [1.29, 1.82) is 5.26 Å². The third kappa shape index (κ3) is 3.98. The zero-order valence-electron chi connectivity index (χ0n) is 13.4. The van der Waals surface area contributed by atoms with Crippen LogP contribution in [0.5, 0.6) is 11.5 Å². The highest BCUT2D eigenvalue weighted by atomic mass is 79.9. The molecule has 0 aliphatic carbocycles. The Hall–Kier alpha value is -2.85. The van der Waals surface area contributed by atoms with Crippen LogP contribution in [0.25, 0.3) is 11.5 Å². The van der Waals surface area contributed by atoms with Crippen LogP contribution in [0, 0.1) is 11.3 Å². The van der Waals surface area contributed by atoms with Crippen molar-refractivity contribution in [2.75, 3.05) is 6.61 Å². The molecule has 0 aliphatic heterocycles. The van der Waals surface area contributed by atoms with Crippen LogP contribution in [-0.4, -0.2) is 16.8 Å². The minimum atomic E-state index is 0.101. The standard InChI is InChI=1S/C18H14BrN3O3/c1-2-23-16-9-12(10-20)7-8-15(16)24-11-17-21-22-18(25-17)13-5-3-4-6-14(13)19/h3-9H,2,11H2,1H3. The molecule has 0 unspecified atom stereocenters. The Labute approximate surface area is 153 Å². The van der Waals surface area contributed by atoms with Crippen molar-refractivity contribution in [3.63, 3.8) is 0 Å². The summed E-state index contributed by atoms with van der Waals surface area (Å²) in [5.74, 6) is 1.78. The molecule has 7 heteroatoms. The van der Waals surface area contributed by atoms with Gasteiger partial charge in [0.15, 0.2) is 18.1 Å². The predicted molar refractivity (Wildman–Crippen MR) is 94.1 cm³/mol. The Kier molecular flexibility index (Phi) is 5.31. The predicted octanol–water partition coefficient (Wildman–Crippen LogP) is 4.35. The van der Waals surface area contributed by atoms with Gasteiger partial charge in [-0.2, -0.15) is 5.26 Å². The van der Waals surface area contributed by atoms with Gasteiger partial charge < -0.3 is 13.9 Å². The van der Waals surface area contributed by atoms with Gasteiger partial charge in [-0.05, 0) is 47.1 Å². The first kappa shape index (κ1) is 17.0. The summed E-state index contributed by atoms with van der Waals surface area (Å²) < 4.78 is 17.7. The maximum Gasteiger partial charge on any atom is 0.254 e. The highest BCUT2D eigenvalue weighted by molar-refractivity contribution is 9.10. The second kappa shape index (κ2) is 7.81. The highest BCUT2D eigenvalue weighted by Gasteiger charge is 2.13. The summed E-state index contributed by atoms with van der Waals surface area (Å²) >= 11 is 3.46. The Balaban J connectivity index is 1.75. The first-order chi connectivity index (χ1) is 12.2. The van der Waals surface area contributed by atoms with Gasteiger partial charge in [0.25, 0.3) is 5.89 Å². The third-order valence-corrected chi connectivity index (χ3v) is 3.99. The number of benzene rings is 2.